The van der Waals surface area contributed by atoms with Crippen molar-refractivity contribution in [3.8, 4) is 0 Å². The second-order valence-electron chi connectivity index (χ2n) is 9.38. The molecule has 1 aromatic rings. The predicted molar refractivity (Wildman–Crippen MR) is 132 cm³/mol. The maximum Gasteiger partial charge on any atom is 0.282 e. The summed E-state index contributed by atoms with van der Waals surface area (Å²) in [6, 6.07) is 6.50. The summed E-state index contributed by atoms with van der Waals surface area (Å²) in [6.07, 6.45) is 14.9. The molecule has 2 aliphatic carbocycles. The normalized spacial score (nSPS) is 30.2. The molecule has 4 rings (SSSR count). The summed E-state index contributed by atoms with van der Waals surface area (Å²) in [7, 11) is 1.60. The van der Waals surface area contributed by atoms with E-state index >= 15 is 0 Å². The lowest BCUT2D eigenvalue weighted by Gasteiger charge is -2.45. The van der Waals surface area contributed by atoms with Gasteiger partial charge in [-0.25, -0.2) is 4.39 Å². The average Bonchev–Trinajstić information content (AvgIpc) is 3.17. The number of amides is 1. The molecular formula is C27H32FNO3S. The highest BCUT2D eigenvalue weighted by Gasteiger charge is 2.54. The summed E-state index contributed by atoms with van der Waals surface area (Å²) >= 11 is 1.39. The maximum absolute atomic E-state index is 13.3. The van der Waals surface area contributed by atoms with Crippen molar-refractivity contribution >= 4 is 17.0 Å². The zero-order valence-electron chi connectivity index (χ0n) is 19.4. The highest BCUT2D eigenvalue weighted by Crippen LogP contribution is 2.51. The molecule has 0 radical (unpaired) electrons. The first-order valence-corrected chi connectivity index (χ1v) is 12.4. The number of halogens is 1. The lowest BCUT2D eigenvalue weighted by molar-refractivity contribution is 0.0833. The molecular weight excluding hydrogens is 437 g/mol. The van der Waals surface area contributed by atoms with Crippen LogP contribution in [0.15, 0.2) is 72.2 Å². The minimum atomic E-state index is -0.597. The molecule has 0 aromatic heterocycles. The van der Waals surface area contributed by atoms with Gasteiger partial charge in [-0.1, -0.05) is 62.0 Å². The number of carbonyl (C=O) groups is 1. The second-order valence-corrected chi connectivity index (χ2v) is 10.6. The van der Waals surface area contributed by atoms with E-state index in [1.807, 2.05) is 35.3 Å². The molecule has 1 aliphatic heterocycles. The van der Waals surface area contributed by atoms with Crippen molar-refractivity contribution in [1.82, 2.24) is 4.90 Å². The van der Waals surface area contributed by atoms with Crippen molar-refractivity contribution in [2.75, 3.05) is 7.11 Å². The summed E-state index contributed by atoms with van der Waals surface area (Å²) in [5.74, 6) is 0.926. The van der Waals surface area contributed by atoms with Crippen molar-refractivity contribution in [2.24, 2.45) is 5.41 Å². The molecule has 1 fully saturated rings. The highest BCUT2D eigenvalue weighted by molar-refractivity contribution is 8.14. The van der Waals surface area contributed by atoms with Crippen molar-refractivity contribution in [2.45, 2.75) is 62.8 Å². The molecule has 5 atom stereocenters. The zero-order chi connectivity index (χ0) is 23.6. The van der Waals surface area contributed by atoms with Gasteiger partial charge in [0.05, 0.1) is 19.2 Å². The van der Waals surface area contributed by atoms with Crippen LogP contribution in [0.3, 0.4) is 0 Å². The smallest absolute Gasteiger partial charge is 0.282 e. The van der Waals surface area contributed by atoms with Gasteiger partial charge in [-0.2, -0.15) is 0 Å². The zero-order valence-corrected chi connectivity index (χ0v) is 20.2. The van der Waals surface area contributed by atoms with Gasteiger partial charge in [0.1, 0.15) is 17.3 Å². The Labute approximate surface area is 199 Å². The van der Waals surface area contributed by atoms with E-state index in [9.17, 15) is 14.3 Å². The summed E-state index contributed by atoms with van der Waals surface area (Å²) in [5, 5.41) is 11.2. The minimum absolute atomic E-state index is 0.0167. The van der Waals surface area contributed by atoms with Crippen LogP contribution in [-0.2, 0) is 4.74 Å². The Kier molecular flexibility index (Phi) is 7.03. The van der Waals surface area contributed by atoms with E-state index in [-0.39, 0.29) is 40.1 Å². The van der Waals surface area contributed by atoms with Gasteiger partial charge in [0, 0.05) is 16.7 Å². The molecule has 0 spiro atoms. The molecule has 6 heteroatoms. The highest BCUT2D eigenvalue weighted by atomic mass is 32.2. The number of ether oxygens (including phenoxy) is 1. The lowest BCUT2D eigenvalue weighted by atomic mass is 9.71. The summed E-state index contributed by atoms with van der Waals surface area (Å²) in [4.78, 5) is 15.3. The van der Waals surface area contributed by atoms with Crippen LogP contribution in [0.1, 0.15) is 51.0 Å². The van der Waals surface area contributed by atoms with Gasteiger partial charge < -0.3 is 14.7 Å². The molecule has 1 N–H and O–H groups in total. The van der Waals surface area contributed by atoms with Gasteiger partial charge >= 0.3 is 0 Å². The fourth-order valence-electron chi connectivity index (χ4n) is 5.16. The van der Waals surface area contributed by atoms with Crippen molar-refractivity contribution in [1.29, 1.82) is 0 Å². The van der Waals surface area contributed by atoms with Crippen LogP contribution in [0.25, 0.3) is 0 Å². The van der Waals surface area contributed by atoms with Crippen LogP contribution < -0.4 is 0 Å². The van der Waals surface area contributed by atoms with Crippen LogP contribution in [-0.4, -0.2) is 39.7 Å². The van der Waals surface area contributed by atoms with E-state index < -0.39 is 5.41 Å². The molecule has 3 aliphatic rings. The van der Waals surface area contributed by atoms with Crippen LogP contribution in [0.2, 0.25) is 0 Å². The summed E-state index contributed by atoms with van der Waals surface area (Å²) < 4.78 is 18.7. The molecule has 1 amide bonds. The largest absolute Gasteiger partial charge is 0.512 e. The lowest BCUT2D eigenvalue weighted by Crippen LogP contribution is -2.53. The Morgan fingerprint density at radius 1 is 1.30 bits per heavy atom. The van der Waals surface area contributed by atoms with Crippen LogP contribution >= 0.6 is 11.8 Å². The van der Waals surface area contributed by atoms with Gasteiger partial charge in [-0.3, -0.25) is 4.79 Å². The Balaban J connectivity index is 1.60. The third-order valence-electron chi connectivity index (χ3n) is 7.23. The molecule has 1 heterocycles. The standard InChI is InChI=1S/C27H32FNO3S/c1-18(19-10-12-20(28)13-11-19)9-14-23-25(27(2)16-15-22(32-3)17-24(27)30)29(26(31)33-23)21-7-5-4-6-8-21/h4-7,10-13,15,17-18,21,23,25,30H,8-9,14,16H2,1-3H3/t18-,21?,23-,25-,27?/m0/s1. The van der Waals surface area contributed by atoms with Crippen LogP contribution in [0.4, 0.5) is 9.18 Å². The molecule has 4 nitrogen and oxygen atoms in total. The number of carbonyl (C=O) groups excluding carboxylic acids is 1. The van der Waals surface area contributed by atoms with Crippen LogP contribution in [0.5, 0.6) is 0 Å². The summed E-state index contributed by atoms with van der Waals surface area (Å²) in [6.45, 7) is 4.20. The monoisotopic (exact) mass is 469 g/mol. The Hall–Kier alpha value is -2.47. The third-order valence-corrected chi connectivity index (χ3v) is 8.44. The first kappa shape index (κ1) is 23.7. The number of allylic oxidation sites excluding steroid dienone is 4. The number of rotatable bonds is 7. The first-order chi connectivity index (χ1) is 15.8. The SMILES string of the molecule is COC1=CCC(C)([C@@H]2[C@H](CC[C@H](C)c3ccc(F)cc3)SC(=O)N2C2C=CC=CC2)C(O)=C1. The number of hydrogen-bond donors (Lipinski definition) is 1. The van der Waals surface area contributed by atoms with Gasteiger partial charge in [-0.05, 0) is 55.4 Å². The maximum atomic E-state index is 13.3. The molecule has 0 saturated carbocycles. The predicted octanol–water partition coefficient (Wildman–Crippen LogP) is 6.88. The van der Waals surface area contributed by atoms with E-state index in [0.717, 1.165) is 24.8 Å². The minimum Gasteiger partial charge on any atom is -0.512 e. The second kappa shape index (κ2) is 9.80. The third kappa shape index (κ3) is 4.77. The number of nitrogens with zero attached hydrogens (tertiary/aromatic N) is 1. The van der Waals surface area contributed by atoms with Gasteiger partial charge in [0.2, 0.25) is 0 Å². The van der Waals surface area contributed by atoms with E-state index in [1.54, 1.807) is 13.2 Å². The number of aliphatic hydroxyl groups is 1. The van der Waals surface area contributed by atoms with Gasteiger partial charge in [0.15, 0.2) is 0 Å². The topological polar surface area (TPSA) is 49.8 Å². The van der Waals surface area contributed by atoms with E-state index in [1.165, 1.54) is 23.9 Å². The molecule has 2 unspecified atom stereocenters. The van der Waals surface area contributed by atoms with Crippen LogP contribution in [0, 0.1) is 11.2 Å². The van der Waals surface area contributed by atoms with E-state index in [2.05, 4.69) is 26.0 Å². The van der Waals surface area contributed by atoms with E-state index in [4.69, 9.17) is 4.74 Å². The molecule has 0 bridgehead atoms. The number of hydrogen-bond acceptors (Lipinski definition) is 4. The number of benzene rings is 1. The summed E-state index contributed by atoms with van der Waals surface area (Å²) in [5.41, 5.74) is 0.499. The van der Waals surface area contributed by atoms with Gasteiger partial charge in [0.25, 0.3) is 5.24 Å². The van der Waals surface area contributed by atoms with Crippen molar-refractivity contribution in [3.05, 3.63) is 83.6 Å². The number of aliphatic hydroxyl groups excluding tert-OH is 1. The molecule has 1 saturated heterocycles. The fourth-order valence-corrected chi connectivity index (χ4v) is 6.60. The number of thioether (sulfide) groups is 1. The van der Waals surface area contributed by atoms with Gasteiger partial charge in [-0.15, -0.1) is 0 Å². The molecule has 33 heavy (non-hydrogen) atoms. The molecule has 176 valence electrons. The number of methoxy groups -OCH3 is 1. The average molecular weight is 470 g/mol. The Morgan fingerprint density at radius 3 is 2.70 bits per heavy atom. The first-order valence-electron chi connectivity index (χ1n) is 11.6. The van der Waals surface area contributed by atoms with E-state index in [0.29, 0.717) is 12.2 Å². The Morgan fingerprint density at radius 2 is 2.06 bits per heavy atom. The molecule has 1 aromatic carbocycles. The fraction of sp³-hybridized carbons (Fsp3) is 0.444. The van der Waals surface area contributed by atoms with Crippen molar-refractivity contribution in [3.63, 3.8) is 0 Å². The Bertz CT molecular complexity index is 999. The van der Waals surface area contributed by atoms with Crippen molar-refractivity contribution < 1.29 is 19.0 Å². The quantitative estimate of drug-likeness (QED) is 0.473.